The van der Waals surface area contributed by atoms with Gasteiger partial charge in [0.15, 0.2) is 0 Å². The van der Waals surface area contributed by atoms with E-state index in [4.69, 9.17) is 5.11 Å². The van der Waals surface area contributed by atoms with Crippen molar-refractivity contribution in [3.05, 3.63) is 0 Å². The van der Waals surface area contributed by atoms with Crippen LogP contribution in [0.3, 0.4) is 0 Å². The first kappa shape index (κ1) is 18.0. The van der Waals surface area contributed by atoms with Crippen molar-refractivity contribution in [3.8, 4) is 0 Å². The monoisotopic (exact) mass is 325 g/mol. The van der Waals surface area contributed by atoms with Gasteiger partial charge >= 0.3 is 12.0 Å². The maximum atomic E-state index is 12.3. The van der Waals surface area contributed by atoms with Crippen molar-refractivity contribution in [2.75, 3.05) is 26.7 Å². The van der Waals surface area contributed by atoms with Crippen molar-refractivity contribution in [1.82, 2.24) is 15.1 Å². The van der Waals surface area contributed by atoms with Gasteiger partial charge < -0.3 is 15.3 Å². The molecule has 0 atom stereocenters. The molecular formula is C17H31N3O3. The fourth-order valence-corrected chi connectivity index (χ4v) is 3.80. The summed E-state index contributed by atoms with van der Waals surface area (Å²) < 4.78 is 0. The molecule has 2 N–H and O–H groups in total. The fourth-order valence-electron chi connectivity index (χ4n) is 3.80. The average molecular weight is 325 g/mol. The van der Waals surface area contributed by atoms with Crippen molar-refractivity contribution >= 4 is 12.0 Å². The van der Waals surface area contributed by atoms with E-state index >= 15 is 0 Å². The zero-order chi connectivity index (χ0) is 16.8. The van der Waals surface area contributed by atoms with Crippen LogP contribution in [0.25, 0.3) is 0 Å². The highest BCUT2D eigenvalue weighted by Gasteiger charge is 2.35. The second-order valence-electron chi connectivity index (χ2n) is 7.11. The second kappa shape index (κ2) is 8.52. The van der Waals surface area contributed by atoms with Gasteiger partial charge in [-0.25, -0.2) is 4.79 Å². The summed E-state index contributed by atoms with van der Waals surface area (Å²) in [4.78, 5) is 26.9. The molecule has 2 aliphatic rings. The van der Waals surface area contributed by atoms with Gasteiger partial charge in [0.05, 0.1) is 6.54 Å². The minimum Gasteiger partial charge on any atom is -0.480 e. The van der Waals surface area contributed by atoms with Gasteiger partial charge in [-0.15, -0.1) is 0 Å². The first-order valence-corrected chi connectivity index (χ1v) is 8.97. The fraction of sp³-hybridized carbons (Fsp3) is 0.882. The number of carboxylic acids is 1. The predicted octanol–water partition coefficient (Wildman–Crippen LogP) is 2.15. The molecule has 0 aliphatic heterocycles. The largest absolute Gasteiger partial charge is 0.480 e. The van der Waals surface area contributed by atoms with Crippen LogP contribution in [0.15, 0.2) is 0 Å². The van der Waals surface area contributed by atoms with E-state index in [-0.39, 0.29) is 24.7 Å². The Morgan fingerprint density at radius 2 is 1.83 bits per heavy atom. The van der Waals surface area contributed by atoms with Gasteiger partial charge in [0.1, 0.15) is 0 Å². The molecule has 2 amide bonds. The predicted molar refractivity (Wildman–Crippen MR) is 89.4 cm³/mol. The third-order valence-corrected chi connectivity index (χ3v) is 5.31. The summed E-state index contributed by atoms with van der Waals surface area (Å²) in [5.41, 5.74) is 0. The third kappa shape index (κ3) is 5.37. The second-order valence-corrected chi connectivity index (χ2v) is 7.11. The number of likely N-dealkylation sites (N-methyl/N-ethyl adjacent to an activating group) is 1. The number of hydrogen-bond donors (Lipinski definition) is 2. The maximum Gasteiger partial charge on any atom is 0.317 e. The van der Waals surface area contributed by atoms with Crippen LogP contribution in [0.2, 0.25) is 0 Å². The summed E-state index contributed by atoms with van der Waals surface area (Å²) in [6.45, 7) is 3.65. The molecule has 0 heterocycles. The molecular weight excluding hydrogens is 294 g/mol. The molecule has 2 saturated carbocycles. The molecule has 2 fully saturated rings. The number of carbonyl (C=O) groups excluding carboxylic acids is 1. The summed E-state index contributed by atoms with van der Waals surface area (Å²) in [6, 6.07) is 0.481. The SMILES string of the molecule is CCN(CC(=O)O)C1CC(NC(=O)N(C)CC2CCCCC2)C1. The molecule has 0 unspecified atom stereocenters. The number of urea groups is 1. The van der Waals surface area contributed by atoms with E-state index in [1.54, 1.807) is 0 Å². The van der Waals surface area contributed by atoms with Crippen LogP contribution in [0.4, 0.5) is 4.79 Å². The zero-order valence-electron chi connectivity index (χ0n) is 14.5. The molecule has 2 aliphatic carbocycles. The number of carboxylic acid groups (broad SMARTS) is 1. The van der Waals surface area contributed by atoms with Crippen molar-refractivity contribution in [1.29, 1.82) is 0 Å². The summed E-state index contributed by atoms with van der Waals surface area (Å²) in [6.07, 6.45) is 8.10. The topological polar surface area (TPSA) is 72.9 Å². The van der Waals surface area contributed by atoms with E-state index in [1.165, 1.54) is 32.1 Å². The van der Waals surface area contributed by atoms with Crippen molar-refractivity contribution in [2.45, 2.75) is 64.0 Å². The average Bonchev–Trinajstić information content (AvgIpc) is 2.49. The number of rotatable bonds is 7. The van der Waals surface area contributed by atoms with Crippen molar-refractivity contribution in [2.24, 2.45) is 5.92 Å². The Hall–Kier alpha value is -1.30. The molecule has 23 heavy (non-hydrogen) atoms. The van der Waals surface area contributed by atoms with Crippen LogP contribution in [0, 0.1) is 5.92 Å². The molecule has 0 aromatic heterocycles. The number of hydrogen-bond acceptors (Lipinski definition) is 3. The Balaban J connectivity index is 1.67. The van der Waals surface area contributed by atoms with Crippen molar-refractivity contribution < 1.29 is 14.7 Å². The maximum absolute atomic E-state index is 12.3. The summed E-state index contributed by atoms with van der Waals surface area (Å²) in [7, 11) is 1.88. The summed E-state index contributed by atoms with van der Waals surface area (Å²) in [5, 5.41) is 12.0. The van der Waals surface area contributed by atoms with Crippen LogP contribution in [0.5, 0.6) is 0 Å². The number of amides is 2. The highest BCUT2D eigenvalue weighted by Crippen LogP contribution is 2.26. The van der Waals surface area contributed by atoms with Gasteiger partial charge in [0, 0.05) is 25.7 Å². The standard InChI is InChI=1S/C17H31N3O3/c1-3-20(12-16(21)22)15-9-14(10-15)18-17(23)19(2)11-13-7-5-4-6-8-13/h13-15H,3-12H2,1-2H3,(H,18,23)(H,21,22). The lowest BCUT2D eigenvalue weighted by atomic mass is 9.85. The quantitative estimate of drug-likeness (QED) is 0.752. The van der Waals surface area contributed by atoms with Crippen LogP contribution < -0.4 is 5.32 Å². The third-order valence-electron chi connectivity index (χ3n) is 5.31. The minimum absolute atomic E-state index is 0.0142. The van der Waals surface area contributed by atoms with E-state index in [1.807, 2.05) is 23.8 Å². The number of nitrogens with one attached hydrogen (secondary N) is 1. The zero-order valence-corrected chi connectivity index (χ0v) is 14.5. The van der Waals surface area contributed by atoms with Crippen LogP contribution >= 0.6 is 0 Å². The van der Waals surface area contributed by atoms with Crippen LogP contribution in [-0.4, -0.2) is 65.7 Å². The number of nitrogens with zero attached hydrogens (tertiary/aromatic N) is 2. The van der Waals surface area contributed by atoms with Gasteiger partial charge in [-0.3, -0.25) is 9.69 Å². The molecule has 6 heteroatoms. The molecule has 0 radical (unpaired) electrons. The first-order chi connectivity index (χ1) is 11.0. The Bertz CT molecular complexity index is 404. The van der Waals surface area contributed by atoms with E-state index < -0.39 is 5.97 Å². The van der Waals surface area contributed by atoms with Gasteiger partial charge in [-0.2, -0.15) is 0 Å². The molecule has 6 nitrogen and oxygen atoms in total. The molecule has 132 valence electrons. The van der Waals surface area contributed by atoms with Crippen molar-refractivity contribution in [3.63, 3.8) is 0 Å². The molecule has 0 bridgehead atoms. The van der Waals surface area contributed by atoms with Gasteiger partial charge in [-0.05, 0) is 38.1 Å². The highest BCUT2D eigenvalue weighted by molar-refractivity contribution is 5.74. The highest BCUT2D eigenvalue weighted by atomic mass is 16.4. The normalized spacial score (nSPS) is 25.0. The lowest BCUT2D eigenvalue weighted by Gasteiger charge is -2.42. The molecule has 0 spiro atoms. The molecule has 2 rings (SSSR count). The molecule has 0 aromatic carbocycles. The Morgan fingerprint density at radius 1 is 1.17 bits per heavy atom. The van der Waals surface area contributed by atoms with Crippen LogP contribution in [-0.2, 0) is 4.79 Å². The van der Waals surface area contributed by atoms with Gasteiger partial charge in [0.2, 0.25) is 0 Å². The van der Waals surface area contributed by atoms with E-state index in [0.717, 1.165) is 25.9 Å². The van der Waals surface area contributed by atoms with Crippen LogP contribution in [0.1, 0.15) is 51.9 Å². The van der Waals surface area contributed by atoms with E-state index in [2.05, 4.69) is 5.32 Å². The van der Waals surface area contributed by atoms with E-state index in [9.17, 15) is 9.59 Å². The smallest absolute Gasteiger partial charge is 0.317 e. The van der Waals surface area contributed by atoms with Gasteiger partial charge in [0.25, 0.3) is 0 Å². The Labute approximate surface area is 139 Å². The number of aliphatic carboxylic acids is 1. The lowest BCUT2D eigenvalue weighted by molar-refractivity contribution is -0.139. The number of carbonyl (C=O) groups is 2. The summed E-state index contributed by atoms with van der Waals surface area (Å²) in [5.74, 6) is -0.133. The first-order valence-electron chi connectivity index (χ1n) is 8.97. The molecule has 0 saturated heterocycles. The summed E-state index contributed by atoms with van der Waals surface area (Å²) >= 11 is 0. The lowest BCUT2D eigenvalue weighted by Crippen LogP contribution is -2.56. The Kier molecular flexibility index (Phi) is 6.69. The van der Waals surface area contributed by atoms with E-state index in [0.29, 0.717) is 5.92 Å². The van der Waals surface area contributed by atoms with Gasteiger partial charge in [-0.1, -0.05) is 26.2 Å². The minimum atomic E-state index is -0.786. The molecule has 0 aromatic rings. The Morgan fingerprint density at radius 3 is 2.39 bits per heavy atom.